The molecule has 0 aliphatic heterocycles. The second kappa shape index (κ2) is 3.75. The van der Waals surface area contributed by atoms with Crippen LogP contribution in [-0.2, 0) is 11.2 Å². The fourth-order valence-corrected chi connectivity index (χ4v) is 1.94. The van der Waals surface area contributed by atoms with Gasteiger partial charge >= 0.3 is 0 Å². The third-order valence-corrected chi connectivity index (χ3v) is 2.70. The fourth-order valence-electron chi connectivity index (χ4n) is 1.15. The van der Waals surface area contributed by atoms with Crippen LogP contribution < -0.4 is 0 Å². The number of aryl methyl sites for hydroxylation is 1. The number of rotatable bonds is 3. The SMILES string of the molecule is Cc1ccc(-c2nc(CC=O)cs2)o1. The Kier molecular flexibility index (Phi) is 2.45. The molecule has 4 heteroatoms. The number of aromatic nitrogens is 1. The lowest BCUT2D eigenvalue weighted by Gasteiger charge is -1.87. The number of aldehydes is 1. The van der Waals surface area contributed by atoms with Gasteiger partial charge < -0.3 is 9.21 Å². The Morgan fingerprint density at radius 1 is 1.57 bits per heavy atom. The van der Waals surface area contributed by atoms with Crippen molar-refractivity contribution in [2.45, 2.75) is 13.3 Å². The van der Waals surface area contributed by atoms with E-state index in [0.717, 1.165) is 28.5 Å². The summed E-state index contributed by atoms with van der Waals surface area (Å²) in [6.45, 7) is 1.89. The third-order valence-electron chi connectivity index (χ3n) is 1.80. The fraction of sp³-hybridized carbons (Fsp3) is 0.200. The summed E-state index contributed by atoms with van der Waals surface area (Å²) in [7, 11) is 0. The van der Waals surface area contributed by atoms with Crippen molar-refractivity contribution in [1.29, 1.82) is 0 Å². The molecule has 14 heavy (non-hydrogen) atoms. The van der Waals surface area contributed by atoms with Crippen molar-refractivity contribution in [3.8, 4) is 10.8 Å². The monoisotopic (exact) mass is 207 g/mol. The number of hydrogen-bond donors (Lipinski definition) is 0. The van der Waals surface area contributed by atoms with E-state index >= 15 is 0 Å². The van der Waals surface area contributed by atoms with Crippen LogP contribution in [0.15, 0.2) is 21.9 Å². The predicted octanol–water partition coefficient (Wildman–Crippen LogP) is 2.45. The molecule has 0 saturated carbocycles. The molecule has 0 aliphatic rings. The van der Waals surface area contributed by atoms with Crippen LogP contribution in [0.25, 0.3) is 10.8 Å². The average Bonchev–Trinajstić information content (AvgIpc) is 2.74. The van der Waals surface area contributed by atoms with Gasteiger partial charge in [-0.15, -0.1) is 11.3 Å². The topological polar surface area (TPSA) is 43.1 Å². The molecule has 0 saturated heterocycles. The van der Waals surface area contributed by atoms with E-state index in [1.54, 1.807) is 0 Å². The van der Waals surface area contributed by atoms with E-state index in [1.165, 1.54) is 11.3 Å². The van der Waals surface area contributed by atoms with Gasteiger partial charge in [0.1, 0.15) is 12.0 Å². The van der Waals surface area contributed by atoms with Crippen molar-refractivity contribution < 1.29 is 9.21 Å². The van der Waals surface area contributed by atoms with Crippen LogP contribution in [0.4, 0.5) is 0 Å². The minimum absolute atomic E-state index is 0.371. The molecule has 0 N–H and O–H groups in total. The molecule has 0 radical (unpaired) electrons. The molecule has 2 rings (SSSR count). The van der Waals surface area contributed by atoms with E-state index in [1.807, 2.05) is 24.4 Å². The van der Waals surface area contributed by atoms with Gasteiger partial charge in [0.2, 0.25) is 0 Å². The number of carbonyl (C=O) groups excluding carboxylic acids is 1. The number of furan rings is 1. The van der Waals surface area contributed by atoms with Crippen LogP contribution in [0.2, 0.25) is 0 Å². The lowest BCUT2D eigenvalue weighted by Crippen LogP contribution is -1.84. The van der Waals surface area contributed by atoms with E-state index in [0.29, 0.717) is 6.42 Å². The van der Waals surface area contributed by atoms with Crippen molar-refractivity contribution in [2.24, 2.45) is 0 Å². The van der Waals surface area contributed by atoms with Crippen molar-refractivity contribution in [3.63, 3.8) is 0 Å². The zero-order chi connectivity index (χ0) is 9.97. The predicted molar refractivity (Wildman–Crippen MR) is 54.3 cm³/mol. The minimum Gasteiger partial charge on any atom is -0.459 e. The number of nitrogens with zero attached hydrogens (tertiary/aromatic N) is 1. The van der Waals surface area contributed by atoms with Crippen LogP contribution in [0.3, 0.4) is 0 Å². The number of thiazole rings is 1. The van der Waals surface area contributed by atoms with E-state index in [4.69, 9.17) is 4.42 Å². The van der Waals surface area contributed by atoms with Crippen LogP contribution in [0.5, 0.6) is 0 Å². The summed E-state index contributed by atoms with van der Waals surface area (Å²) >= 11 is 1.49. The van der Waals surface area contributed by atoms with Crippen LogP contribution >= 0.6 is 11.3 Å². The van der Waals surface area contributed by atoms with E-state index in [2.05, 4.69) is 4.98 Å². The Hall–Kier alpha value is -1.42. The van der Waals surface area contributed by atoms with Gasteiger partial charge in [0, 0.05) is 11.8 Å². The van der Waals surface area contributed by atoms with Crippen LogP contribution in [0, 0.1) is 6.92 Å². The quantitative estimate of drug-likeness (QED) is 0.726. The number of hydrogen-bond acceptors (Lipinski definition) is 4. The van der Waals surface area contributed by atoms with Crippen LogP contribution in [0.1, 0.15) is 11.5 Å². The third kappa shape index (κ3) is 1.75. The first-order valence-electron chi connectivity index (χ1n) is 4.24. The molecule has 2 aromatic rings. The summed E-state index contributed by atoms with van der Waals surface area (Å²) in [6, 6.07) is 3.79. The smallest absolute Gasteiger partial charge is 0.162 e. The van der Waals surface area contributed by atoms with Gasteiger partial charge in [0.05, 0.1) is 5.69 Å². The van der Waals surface area contributed by atoms with Crippen molar-refractivity contribution >= 4 is 17.6 Å². The molecular formula is C10H9NO2S. The van der Waals surface area contributed by atoms with Gasteiger partial charge in [-0.2, -0.15) is 0 Å². The van der Waals surface area contributed by atoms with E-state index in [-0.39, 0.29) is 0 Å². The molecule has 0 amide bonds. The maximum Gasteiger partial charge on any atom is 0.162 e. The standard InChI is InChI=1S/C10H9NO2S/c1-7-2-3-9(13-7)10-11-8(4-5-12)6-14-10/h2-3,5-6H,4H2,1H3. The summed E-state index contributed by atoms with van der Waals surface area (Å²) in [5.74, 6) is 1.64. The highest BCUT2D eigenvalue weighted by atomic mass is 32.1. The minimum atomic E-state index is 0.371. The van der Waals surface area contributed by atoms with Gasteiger partial charge in [-0.25, -0.2) is 4.98 Å². The van der Waals surface area contributed by atoms with Crippen molar-refractivity contribution in [2.75, 3.05) is 0 Å². The van der Waals surface area contributed by atoms with Crippen LogP contribution in [-0.4, -0.2) is 11.3 Å². The molecule has 0 spiro atoms. The Morgan fingerprint density at radius 2 is 2.43 bits per heavy atom. The zero-order valence-electron chi connectivity index (χ0n) is 7.69. The highest BCUT2D eigenvalue weighted by molar-refractivity contribution is 7.13. The summed E-state index contributed by atoms with van der Waals surface area (Å²) in [4.78, 5) is 14.5. The molecule has 0 unspecified atom stereocenters. The summed E-state index contributed by atoms with van der Waals surface area (Å²) in [5.41, 5.74) is 0.800. The Labute approximate surface area is 85.4 Å². The normalized spacial score (nSPS) is 10.4. The number of carbonyl (C=O) groups is 1. The van der Waals surface area contributed by atoms with Gasteiger partial charge in [-0.05, 0) is 19.1 Å². The molecule has 0 aliphatic carbocycles. The lowest BCUT2D eigenvalue weighted by molar-refractivity contribution is -0.107. The Balaban J connectivity index is 2.28. The first-order chi connectivity index (χ1) is 6.79. The molecule has 72 valence electrons. The molecule has 0 aromatic carbocycles. The molecule has 3 nitrogen and oxygen atoms in total. The summed E-state index contributed by atoms with van der Waals surface area (Å²) in [5, 5.41) is 2.71. The molecule has 2 aromatic heterocycles. The van der Waals surface area contributed by atoms with E-state index in [9.17, 15) is 4.79 Å². The molecule has 2 heterocycles. The van der Waals surface area contributed by atoms with Crippen molar-refractivity contribution in [3.05, 3.63) is 29.0 Å². The van der Waals surface area contributed by atoms with Gasteiger partial charge in [-0.3, -0.25) is 0 Å². The molecule has 0 fully saturated rings. The lowest BCUT2D eigenvalue weighted by atomic mass is 10.4. The largest absolute Gasteiger partial charge is 0.459 e. The van der Waals surface area contributed by atoms with Gasteiger partial charge in [0.25, 0.3) is 0 Å². The second-order valence-electron chi connectivity index (χ2n) is 2.93. The maximum atomic E-state index is 10.3. The molecule has 0 atom stereocenters. The Morgan fingerprint density at radius 3 is 3.07 bits per heavy atom. The van der Waals surface area contributed by atoms with E-state index < -0.39 is 0 Å². The zero-order valence-corrected chi connectivity index (χ0v) is 8.50. The van der Waals surface area contributed by atoms with Gasteiger partial charge in [0.15, 0.2) is 10.8 Å². The summed E-state index contributed by atoms with van der Waals surface area (Å²) in [6.07, 6.45) is 1.22. The second-order valence-corrected chi connectivity index (χ2v) is 3.78. The average molecular weight is 207 g/mol. The molecule has 0 bridgehead atoms. The maximum absolute atomic E-state index is 10.3. The highest BCUT2D eigenvalue weighted by Crippen LogP contribution is 2.25. The molecular weight excluding hydrogens is 198 g/mol. The first kappa shape index (κ1) is 9.15. The summed E-state index contributed by atoms with van der Waals surface area (Å²) < 4.78 is 5.42. The van der Waals surface area contributed by atoms with Crippen molar-refractivity contribution in [1.82, 2.24) is 4.98 Å². The highest BCUT2D eigenvalue weighted by Gasteiger charge is 2.07. The Bertz CT molecular complexity index is 444. The first-order valence-corrected chi connectivity index (χ1v) is 5.12. The van der Waals surface area contributed by atoms with Gasteiger partial charge in [-0.1, -0.05) is 0 Å².